The third kappa shape index (κ3) is 1.20. The van der Waals surface area contributed by atoms with Gasteiger partial charge in [-0.3, -0.25) is 4.79 Å². The van der Waals surface area contributed by atoms with Crippen molar-refractivity contribution in [2.24, 2.45) is 0 Å². The van der Waals surface area contributed by atoms with E-state index >= 15 is 0 Å². The van der Waals surface area contributed by atoms with Crippen molar-refractivity contribution >= 4 is 22.6 Å². The fraction of sp³-hybridized carbons (Fsp3) is 0.222. The van der Waals surface area contributed by atoms with Crippen LogP contribution in [0.5, 0.6) is 0 Å². The van der Waals surface area contributed by atoms with E-state index in [-0.39, 0.29) is 11.2 Å². The van der Waals surface area contributed by atoms with Crippen LogP contribution in [0, 0.1) is 0 Å². The van der Waals surface area contributed by atoms with Crippen LogP contribution >= 0.6 is 11.8 Å². The van der Waals surface area contributed by atoms with Gasteiger partial charge < -0.3 is 5.32 Å². The normalized spacial score (nSPS) is 21.4. The molecule has 0 amide bonds. The minimum Gasteiger partial charge on any atom is -0.374 e. The van der Waals surface area contributed by atoms with Crippen molar-refractivity contribution in [2.45, 2.75) is 17.9 Å². The smallest absolute Gasteiger partial charge is 0.215 e. The molecule has 1 N–H and O–H groups in total. The average Bonchev–Trinajstić information content (AvgIpc) is 2.07. The highest BCUT2D eigenvalue weighted by atomic mass is 32.2. The molecule has 1 aliphatic heterocycles. The average molecular weight is 179 g/mol. The third-order valence-electron chi connectivity index (χ3n) is 1.82. The van der Waals surface area contributed by atoms with E-state index in [1.807, 2.05) is 31.2 Å². The van der Waals surface area contributed by atoms with Crippen LogP contribution in [0.3, 0.4) is 0 Å². The number of carbonyl (C=O) groups excluding carboxylic acids is 1. The van der Waals surface area contributed by atoms with Gasteiger partial charge in [-0.25, -0.2) is 0 Å². The van der Waals surface area contributed by atoms with Crippen LogP contribution < -0.4 is 5.32 Å². The van der Waals surface area contributed by atoms with E-state index in [1.54, 1.807) is 0 Å². The molecule has 3 heteroatoms. The zero-order valence-electron chi connectivity index (χ0n) is 6.70. The summed E-state index contributed by atoms with van der Waals surface area (Å²) in [6.07, 6.45) is 0. The molecule has 0 aromatic heterocycles. The lowest BCUT2D eigenvalue weighted by molar-refractivity contribution is -0.111. The van der Waals surface area contributed by atoms with E-state index < -0.39 is 0 Å². The van der Waals surface area contributed by atoms with Crippen LogP contribution in [0.2, 0.25) is 0 Å². The van der Waals surface area contributed by atoms with Crippen molar-refractivity contribution in [3.8, 4) is 0 Å². The van der Waals surface area contributed by atoms with Gasteiger partial charge in [0, 0.05) is 10.6 Å². The number of rotatable bonds is 0. The molecule has 0 aliphatic carbocycles. The lowest BCUT2D eigenvalue weighted by Crippen LogP contribution is -2.27. The molecule has 1 aliphatic rings. The second-order valence-electron chi connectivity index (χ2n) is 2.78. The fourth-order valence-corrected chi connectivity index (χ4v) is 2.00. The highest BCUT2D eigenvalue weighted by Gasteiger charge is 2.21. The molecule has 1 atom stereocenters. The Hall–Kier alpha value is -0.960. The van der Waals surface area contributed by atoms with Gasteiger partial charge in [-0.15, -0.1) is 0 Å². The Balaban J connectivity index is 2.40. The molecule has 12 heavy (non-hydrogen) atoms. The topological polar surface area (TPSA) is 29.1 Å². The Morgan fingerprint density at radius 2 is 2.17 bits per heavy atom. The zero-order chi connectivity index (χ0) is 8.55. The van der Waals surface area contributed by atoms with E-state index in [1.165, 1.54) is 11.8 Å². The van der Waals surface area contributed by atoms with Gasteiger partial charge in [0.15, 0.2) is 0 Å². The standard InChI is InChI=1S/C9H9NOS/c1-6-9(11)12-8-5-3-2-4-7(8)10-6/h2-6,10H,1H3. The van der Waals surface area contributed by atoms with Crippen LogP contribution in [0.15, 0.2) is 29.2 Å². The fourth-order valence-electron chi connectivity index (χ4n) is 1.16. The highest BCUT2D eigenvalue weighted by molar-refractivity contribution is 8.14. The van der Waals surface area contributed by atoms with Crippen molar-refractivity contribution in [1.82, 2.24) is 0 Å². The Bertz CT molecular complexity index is 324. The molecule has 1 heterocycles. The summed E-state index contributed by atoms with van der Waals surface area (Å²) in [5.74, 6) is 0. The maximum atomic E-state index is 11.3. The van der Waals surface area contributed by atoms with Crippen molar-refractivity contribution in [2.75, 3.05) is 5.32 Å². The van der Waals surface area contributed by atoms with Crippen LogP contribution in [-0.2, 0) is 4.79 Å². The van der Waals surface area contributed by atoms with Crippen LogP contribution in [0.1, 0.15) is 6.92 Å². The number of fused-ring (bicyclic) bond motifs is 1. The van der Waals surface area contributed by atoms with Gasteiger partial charge in [0.2, 0.25) is 5.12 Å². The molecule has 1 unspecified atom stereocenters. The molecule has 2 rings (SSSR count). The number of hydrogen-bond donors (Lipinski definition) is 1. The molecule has 1 aromatic carbocycles. The lowest BCUT2D eigenvalue weighted by Gasteiger charge is -2.21. The molecule has 0 saturated heterocycles. The predicted molar refractivity (Wildman–Crippen MR) is 50.4 cm³/mol. The Kier molecular flexibility index (Phi) is 1.81. The monoisotopic (exact) mass is 179 g/mol. The summed E-state index contributed by atoms with van der Waals surface area (Å²) in [5.41, 5.74) is 1.06. The van der Waals surface area contributed by atoms with Gasteiger partial charge in [-0.1, -0.05) is 12.1 Å². The number of benzene rings is 1. The second-order valence-corrected chi connectivity index (χ2v) is 3.83. The summed E-state index contributed by atoms with van der Waals surface area (Å²) in [5, 5.41) is 3.33. The Labute approximate surface area is 75.4 Å². The first kappa shape index (κ1) is 7.68. The van der Waals surface area contributed by atoms with Crippen molar-refractivity contribution < 1.29 is 4.79 Å². The molecular weight excluding hydrogens is 170 g/mol. The molecule has 1 aromatic rings. The summed E-state index contributed by atoms with van der Waals surface area (Å²) in [4.78, 5) is 12.3. The quantitative estimate of drug-likeness (QED) is 0.661. The van der Waals surface area contributed by atoms with E-state index in [4.69, 9.17) is 0 Å². The van der Waals surface area contributed by atoms with Gasteiger partial charge in [-0.2, -0.15) is 0 Å². The van der Waals surface area contributed by atoms with Crippen molar-refractivity contribution in [3.63, 3.8) is 0 Å². The van der Waals surface area contributed by atoms with E-state index in [9.17, 15) is 4.79 Å². The number of para-hydroxylation sites is 1. The molecular formula is C9H9NOS. The van der Waals surface area contributed by atoms with Crippen molar-refractivity contribution in [3.05, 3.63) is 24.3 Å². The number of thioether (sulfide) groups is 1. The van der Waals surface area contributed by atoms with Crippen molar-refractivity contribution in [1.29, 1.82) is 0 Å². The van der Waals surface area contributed by atoms with Gasteiger partial charge >= 0.3 is 0 Å². The first-order valence-electron chi connectivity index (χ1n) is 3.84. The Morgan fingerprint density at radius 3 is 3.00 bits per heavy atom. The molecule has 2 nitrogen and oxygen atoms in total. The first-order chi connectivity index (χ1) is 5.77. The van der Waals surface area contributed by atoms with Gasteiger partial charge in [0.05, 0.1) is 6.04 Å². The molecule has 0 radical (unpaired) electrons. The SMILES string of the molecule is CC1Nc2ccccc2SC1=O. The van der Waals surface area contributed by atoms with Crippen LogP contribution in [-0.4, -0.2) is 11.2 Å². The van der Waals surface area contributed by atoms with E-state index in [0.29, 0.717) is 0 Å². The summed E-state index contributed by atoms with van der Waals surface area (Å²) in [6, 6.07) is 7.79. The Morgan fingerprint density at radius 1 is 1.42 bits per heavy atom. The largest absolute Gasteiger partial charge is 0.374 e. The van der Waals surface area contributed by atoms with Gasteiger partial charge in [0.1, 0.15) is 0 Å². The minimum absolute atomic E-state index is 0.0649. The molecule has 0 saturated carbocycles. The molecule has 0 bridgehead atoms. The zero-order valence-corrected chi connectivity index (χ0v) is 7.52. The highest BCUT2D eigenvalue weighted by Crippen LogP contribution is 2.33. The number of anilines is 1. The van der Waals surface area contributed by atoms with Crippen LogP contribution in [0.4, 0.5) is 5.69 Å². The van der Waals surface area contributed by atoms with E-state index in [0.717, 1.165) is 10.6 Å². The number of hydrogen-bond acceptors (Lipinski definition) is 3. The maximum Gasteiger partial charge on any atom is 0.215 e. The lowest BCUT2D eigenvalue weighted by atomic mass is 10.2. The third-order valence-corrected chi connectivity index (χ3v) is 2.95. The second kappa shape index (κ2) is 2.83. The van der Waals surface area contributed by atoms with Crippen LogP contribution in [0.25, 0.3) is 0 Å². The number of nitrogens with one attached hydrogen (secondary N) is 1. The summed E-state index contributed by atoms with van der Waals surface area (Å²) < 4.78 is 0. The molecule has 62 valence electrons. The van der Waals surface area contributed by atoms with Gasteiger partial charge in [-0.05, 0) is 30.8 Å². The number of carbonyl (C=O) groups is 1. The summed E-state index contributed by atoms with van der Waals surface area (Å²) in [6.45, 7) is 1.88. The predicted octanol–water partition coefficient (Wildman–Crippen LogP) is 2.12. The summed E-state index contributed by atoms with van der Waals surface area (Å²) >= 11 is 1.32. The maximum absolute atomic E-state index is 11.3. The minimum atomic E-state index is -0.0649. The summed E-state index contributed by atoms with van der Waals surface area (Å²) in [7, 11) is 0. The molecule has 0 spiro atoms. The molecule has 0 fully saturated rings. The van der Waals surface area contributed by atoms with E-state index in [2.05, 4.69) is 5.32 Å². The first-order valence-corrected chi connectivity index (χ1v) is 4.66. The van der Waals surface area contributed by atoms with Gasteiger partial charge in [0.25, 0.3) is 0 Å².